The highest BCUT2D eigenvalue weighted by molar-refractivity contribution is 5.28. The molecule has 1 saturated heterocycles. The van der Waals surface area contributed by atoms with E-state index in [1.165, 1.54) is 18.4 Å². The van der Waals surface area contributed by atoms with Crippen molar-refractivity contribution in [2.75, 3.05) is 20.2 Å². The van der Waals surface area contributed by atoms with E-state index < -0.39 is 0 Å². The Morgan fingerprint density at radius 3 is 2.95 bits per heavy atom. The van der Waals surface area contributed by atoms with Gasteiger partial charge in [0.15, 0.2) is 0 Å². The summed E-state index contributed by atoms with van der Waals surface area (Å²) in [5, 5.41) is 13.0. The molecule has 2 atom stereocenters. The van der Waals surface area contributed by atoms with Crippen LogP contribution in [-0.2, 0) is 11.2 Å². The molecule has 1 saturated carbocycles. The molecule has 3 heteroatoms. The smallest absolute Gasteiger partial charge is 0.115 e. The van der Waals surface area contributed by atoms with Gasteiger partial charge in [-0.05, 0) is 56.3 Å². The van der Waals surface area contributed by atoms with E-state index in [-0.39, 0.29) is 5.41 Å². The van der Waals surface area contributed by atoms with Gasteiger partial charge >= 0.3 is 0 Å². The molecule has 1 aromatic carbocycles. The van der Waals surface area contributed by atoms with E-state index in [0.29, 0.717) is 11.9 Å². The van der Waals surface area contributed by atoms with Crippen LogP contribution >= 0.6 is 0 Å². The fraction of sp³-hybridized carbons (Fsp3) is 0.625. The molecular formula is C16H23NO2. The SMILES string of the molecule is CNCC1(Cc2cccc(O)c2)CCOC1C1CC1. The lowest BCUT2D eigenvalue weighted by Gasteiger charge is -2.34. The van der Waals surface area contributed by atoms with Crippen molar-refractivity contribution in [2.24, 2.45) is 11.3 Å². The number of hydrogen-bond donors (Lipinski definition) is 2. The van der Waals surface area contributed by atoms with E-state index in [9.17, 15) is 5.11 Å². The average molecular weight is 261 g/mol. The van der Waals surface area contributed by atoms with Crippen molar-refractivity contribution in [3.8, 4) is 5.75 Å². The summed E-state index contributed by atoms with van der Waals surface area (Å²) >= 11 is 0. The Kier molecular flexibility index (Phi) is 3.50. The van der Waals surface area contributed by atoms with Crippen LogP contribution in [0.3, 0.4) is 0 Å². The Morgan fingerprint density at radius 2 is 2.26 bits per heavy atom. The van der Waals surface area contributed by atoms with Gasteiger partial charge in [-0.25, -0.2) is 0 Å². The number of nitrogens with one attached hydrogen (secondary N) is 1. The van der Waals surface area contributed by atoms with Crippen molar-refractivity contribution < 1.29 is 9.84 Å². The zero-order valence-corrected chi connectivity index (χ0v) is 11.6. The minimum absolute atomic E-state index is 0.198. The van der Waals surface area contributed by atoms with Crippen LogP contribution < -0.4 is 5.32 Å². The fourth-order valence-corrected chi connectivity index (χ4v) is 3.61. The molecule has 0 bridgehead atoms. The third-order valence-corrected chi connectivity index (χ3v) is 4.55. The van der Waals surface area contributed by atoms with Crippen LogP contribution in [0.5, 0.6) is 5.75 Å². The van der Waals surface area contributed by atoms with Gasteiger partial charge in [-0.2, -0.15) is 0 Å². The van der Waals surface area contributed by atoms with Crippen LogP contribution in [0.4, 0.5) is 0 Å². The van der Waals surface area contributed by atoms with Crippen LogP contribution in [0.1, 0.15) is 24.8 Å². The van der Waals surface area contributed by atoms with Gasteiger partial charge in [0, 0.05) is 18.6 Å². The van der Waals surface area contributed by atoms with Gasteiger partial charge in [0.1, 0.15) is 5.75 Å². The van der Waals surface area contributed by atoms with Crippen molar-refractivity contribution >= 4 is 0 Å². The molecule has 3 nitrogen and oxygen atoms in total. The lowest BCUT2D eigenvalue weighted by molar-refractivity contribution is 0.0314. The molecule has 0 aromatic heterocycles. The minimum atomic E-state index is 0.198. The first-order chi connectivity index (χ1) is 9.23. The van der Waals surface area contributed by atoms with Crippen LogP contribution in [0.15, 0.2) is 24.3 Å². The van der Waals surface area contributed by atoms with E-state index in [1.54, 1.807) is 6.07 Å². The summed E-state index contributed by atoms with van der Waals surface area (Å²) in [4.78, 5) is 0. The van der Waals surface area contributed by atoms with Gasteiger partial charge in [-0.1, -0.05) is 12.1 Å². The molecule has 2 N–H and O–H groups in total. The molecule has 19 heavy (non-hydrogen) atoms. The summed E-state index contributed by atoms with van der Waals surface area (Å²) < 4.78 is 6.05. The quantitative estimate of drug-likeness (QED) is 0.855. The van der Waals surface area contributed by atoms with Crippen molar-refractivity contribution in [1.82, 2.24) is 5.32 Å². The molecule has 2 fully saturated rings. The predicted molar refractivity (Wildman–Crippen MR) is 75.3 cm³/mol. The molecule has 104 valence electrons. The number of ether oxygens (including phenoxy) is 1. The standard InChI is InChI=1S/C16H23NO2/c1-17-11-16(7-8-19-15(16)13-5-6-13)10-12-3-2-4-14(18)9-12/h2-4,9,13,15,17-18H,5-8,10-11H2,1H3. The normalized spacial score (nSPS) is 30.7. The molecule has 1 heterocycles. The maximum Gasteiger partial charge on any atom is 0.115 e. The van der Waals surface area contributed by atoms with Crippen molar-refractivity contribution in [3.63, 3.8) is 0 Å². The lowest BCUT2D eigenvalue weighted by Crippen LogP contribution is -2.42. The number of hydrogen-bond acceptors (Lipinski definition) is 3. The van der Waals surface area contributed by atoms with Crippen LogP contribution in [0, 0.1) is 11.3 Å². The van der Waals surface area contributed by atoms with E-state index in [4.69, 9.17) is 4.74 Å². The molecule has 2 aliphatic rings. The van der Waals surface area contributed by atoms with Gasteiger partial charge in [-0.15, -0.1) is 0 Å². The highest BCUT2D eigenvalue weighted by Gasteiger charge is 2.50. The molecule has 1 aliphatic heterocycles. The monoisotopic (exact) mass is 261 g/mol. The van der Waals surface area contributed by atoms with Crippen molar-refractivity contribution in [3.05, 3.63) is 29.8 Å². The lowest BCUT2D eigenvalue weighted by atomic mass is 9.74. The van der Waals surface area contributed by atoms with E-state index in [2.05, 4.69) is 11.4 Å². The highest BCUT2D eigenvalue weighted by atomic mass is 16.5. The summed E-state index contributed by atoms with van der Waals surface area (Å²) in [5.74, 6) is 1.12. The Bertz CT molecular complexity index is 444. The second-order valence-corrected chi connectivity index (χ2v) is 6.12. The summed E-state index contributed by atoms with van der Waals surface area (Å²) in [5.41, 5.74) is 1.41. The third-order valence-electron chi connectivity index (χ3n) is 4.55. The Morgan fingerprint density at radius 1 is 1.42 bits per heavy atom. The minimum Gasteiger partial charge on any atom is -0.508 e. The first kappa shape index (κ1) is 12.9. The summed E-state index contributed by atoms with van der Waals surface area (Å²) in [6, 6.07) is 7.66. The molecule has 0 amide bonds. The number of benzene rings is 1. The molecular weight excluding hydrogens is 238 g/mol. The van der Waals surface area contributed by atoms with E-state index >= 15 is 0 Å². The number of rotatable bonds is 5. The molecule has 3 rings (SSSR count). The second kappa shape index (κ2) is 5.14. The average Bonchev–Trinajstić information content (AvgIpc) is 3.13. The second-order valence-electron chi connectivity index (χ2n) is 6.12. The predicted octanol–water partition coefficient (Wildman–Crippen LogP) is 2.34. The van der Waals surface area contributed by atoms with Gasteiger partial charge in [0.2, 0.25) is 0 Å². The van der Waals surface area contributed by atoms with Crippen molar-refractivity contribution in [1.29, 1.82) is 0 Å². The van der Waals surface area contributed by atoms with E-state index in [0.717, 1.165) is 31.9 Å². The third kappa shape index (κ3) is 2.63. The first-order valence-corrected chi connectivity index (χ1v) is 7.28. The number of aromatic hydroxyl groups is 1. The zero-order chi connectivity index (χ0) is 13.3. The highest BCUT2D eigenvalue weighted by Crippen LogP contribution is 2.49. The molecule has 2 unspecified atom stereocenters. The zero-order valence-electron chi connectivity index (χ0n) is 11.6. The van der Waals surface area contributed by atoms with Gasteiger partial charge in [-0.3, -0.25) is 0 Å². The molecule has 1 aliphatic carbocycles. The molecule has 1 aromatic rings. The first-order valence-electron chi connectivity index (χ1n) is 7.28. The van der Waals surface area contributed by atoms with Crippen LogP contribution in [0.25, 0.3) is 0 Å². The Balaban J connectivity index is 1.83. The van der Waals surface area contributed by atoms with Crippen LogP contribution in [0.2, 0.25) is 0 Å². The van der Waals surface area contributed by atoms with E-state index in [1.807, 2.05) is 19.2 Å². The van der Waals surface area contributed by atoms with Gasteiger partial charge in [0.05, 0.1) is 6.10 Å². The van der Waals surface area contributed by atoms with Crippen molar-refractivity contribution in [2.45, 2.75) is 31.8 Å². The Hall–Kier alpha value is -1.06. The van der Waals surface area contributed by atoms with Crippen LogP contribution in [-0.4, -0.2) is 31.4 Å². The maximum absolute atomic E-state index is 9.64. The summed E-state index contributed by atoms with van der Waals surface area (Å²) in [7, 11) is 2.02. The summed E-state index contributed by atoms with van der Waals surface area (Å²) in [6.45, 7) is 1.87. The topological polar surface area (TPSA) is 41.5 Å². The molecule has 0 spiro atoms. The number of phenolic OH excluding ortho intramolecular Hbond substituents is 1. The van der Waals surface area contributed by atoms with Gasteiger partial charge < -0.3 is 15.2 Å². The molecule has 0 radical (unpaired) electrons. The summed E-state index contributed by atoms with van der Waals surface area (Å²) in [6.07, 6.45) is 5.13. The fourth-order valence-electron chi connectivity index (χ4n) is 3.61. The largest absolute Gasteiger partial charge is 0.508 e. The number of phenols is 1. The van der Waals surface area contributed by atoms with Gasteiger partial charge in [0.25, 0.3) is 0 Å². The Labute approximate surface area is 115 Å². The maximum atomic E-state index is 9.64.